The molecule has 23 heavy (non-hydrogen) atoms. The lowest BCUT2D eigenvalue weighted by atomic mass is 10.2. The molecule has 0 aliphatic carbocycles. The summed E-state index contributed by atoms with van der Waals surface area (Å²) in [6.45, 7) is 3.69. The molecule has 0 aliphatic heterocycles. The molecule has 0 unspecified atom stereocenters. The number of hydrogen-bond acceptors (Lipinski definition) is 4. The number of unbranched alkanes of at least 4 members (excludes halogenated alkanes) is 2. The van der Waals surface area contributed by atoms with Crippen LogP contribution in [-0.4, -0.2) is 28.3 Å². The van der Waals surface area contributed by atoms with Gasteiger partial charge in [0.2, 0.25) is 0 Å². The van der Waals surface area contributed by atoms with Gasteiger partial charge in [0.25, 0.3) is 0 Å². The molecule has 1 aromatic rings. The van der Waals surface area contributed by atoms with E-state index >= 15 is 0 Å². The van der Waals surface area contributed by atoms with Crippen LogP contribution in [0.1, 0.15) is 45.1 Å². The zero-order chi connectivity index (χ0) is 17.7. The van der Waals surface area contributed by atoms with E-state index in [1.807, 2.05) is 13.8 Å². The van der Waals surface area contributed by atoms with Gasteiger partial charge in [0.05, 0.1) is 4.58 Å². The summed E-state index contributed by atoms with van der Waals surface area (Å²) in [5.74, 6) is -0.408. The summed E-state index contributed by atoms with van der Waals surface area (Å²) < 4.78 is 49.9. The second kappa shape index (κ2) is 8.60. The standard InChI is InChI=1S/C15H21Cl2O4S2/c1-3-5-9-22(18,19)15(23(20,21)10-6-4-2)12-7-8-13(16)14(17)11-12/h7-8,11H,3-6,9-10H2,1-2H3/q-1. The minimum absolute atomic E-state index is 0.0756. The van der Waals surface area contributed by atoms with E-state index in [1.165, 1.54) is 18.2 Å². The van der Waals surface area contributed by atoms with E-state index in [9.17, 15) is 16.8 Å². The average Bonchev–Trinajstić information content (AvgIpc) is 2.46. The van der Waals surface area contributed by atoms with E-state index < -0.39 is 24.3 Å². The van der Waals surface area contributed by atoms with Crippen LogP contribution in [0.3, 0.4) is 0 Å². The van der Waals surface area contributed by atoms with Gasteiger partial charge < -0.3 is 0 Å². The van der Waals surface area contributed by atoms with Crippen molar-refractivity contribution in [3.63, 3.8) is 0 Å². The van der Waals surface area contributed by atoms with Gasteiger partial charge in [-0.3, -0.25) is 0 Å². The Morgan fingerprint density at radius 3 is 1.74 bits per heavy atom. The molecule has 1 aromatic carbocycles. The van der Waals surface area contributed by atoms with E-state index in [2.05, 4.69) is 0 Å². The molecule has 0 aromatic heterocycles. The van der Waals surface area contributed by atoms with Gasteiger partial charge in [0.15, 0.2) is 0 Å². The van der Waals surface area contributed by atoms with Crippen molar-refractivity contribution >= 4 is 42.9 Å². The second-order valence-electron chi connectivity index (χ2n) is 5.26. The number of halogens is 2. The maximum absolute atomic E-state index is 12.6. The molecule has 0 bridgehead atoms. The zero-order valence-corrected chi connectivity index (χ0v) is 16.3. The van der Waals surface area contributed by atoms with Gasteiger partial charge >= 0.3 is 0 Å². The largest absolute Gasteiger partial charge is 0.236 e. The summed E-state index contributed by atoms with van der Waals surface area (Å²) in [6, 6.07) is 4.09. The SMILES string of the molecule is CCCCS(=O)(=O)[C-](c1ccc(Cl)c(Cl)c1)S(=O)(=O)CCCC. The molecule has 0 heterocycles. The summed E-state index contributed by atoms with van der Waals surface area (Å²) in [7, 11) is -7.86. The Kier molecular flexibility index (Phi) is 7.71. The Labute approximate surface area is 149 Å². The van der Waals surface area contributed by atoms with Gasteiger partial charge in [-0.2, -0.15) is 11.6 Å². The molecule has 0 N–H and O–H groups in total. The van der Waals surface area contributed by atoms with Crippen molar-refractivity contribution in [1.82, 2.24) is 0 Å². The van der Waals surface area contributed by atoms with Crippen LogP contribution in [0.2, 0.25) is 10.0 Å². The molecule has 0 saturated heterocycles. The Morgan fingerprint density at radius 2 is 1.35 bits per heavy atom. The predicted molar refractivity (Wildman–Crippen MR) is 96.2 cm³/mol. The Hall–Kier alpha value is -0.430. The Bertz CT molecular complexity index is 690. The lowest BCUT2D eigenvalue weighted by molar-refractivity contribution is 0.586. The molecule has 0 aliphatic rings. The van der Waals surface area contributed by atoms with E-state index in [0.29, 0.717) is 25.7 Å². The molecule has 8 heteroatoms. The lowest BCUT2D eigenvalue weighted by Gasteiger charge is -2.26. The third kappa shape index (κ3) is 5.55. The van der Waals surface area contributed by atoms with Crippen LogP contribution in [0.5, 0.6) is 0 Å². The highest BCUT2D eigenvalue weighted by Gasteiger charge is 2.32. The highest BCUT2D eigenvalue weighted by Crippen LogP contribution is 2.33. The topological polar surface area (TPSA) is 68.3 Å². The van der Waals surface area contributed by atoms with Crippen LogP contribution in [0, 0.1) is 4.58 Å². The smallest absolute Gasteiger partial charge is 0.143 e. The van der Waals surface area contributed by atoms with Crippen molar-refractivity contribution < 1.29 is 16.8 Å². The fourth-order valence-electron chi connectivity index (χ4n) is 2.03. The molecule has 0 saturated carbocycles. The maximum Gasteiger partial charge on any atom is 0.143 e. The highest BCUT2D eigenvalue weighted by atomic mass is 35.5. The lowest BCUT2D eigenvalue weighted by Crippen LogP contribution is -2.28. The molecular formula is C15H21Cl2O4S2-. The summed E-state index contributed by atoms with van der Waals surface area (Å²) in [5.41, 5.74) is 0.0756. The summed E-state index contributed by atoms with van der Waals surface area (Å²) in [6.07, 6.45) is 2.11. The van der Waals surface area contributed by atoms with Gasteiger partial charge in [-0.1, -0.05) is 56.0 Å². The number of benzene rings is 1. The van der Waals surface area contributed by atoms with Gasteiger partial charge in [-0.05, 0) is 12.8 Å². The molecule has 0 atom stereocenters. The van der Waals surface area contributed by atoms with Crippen molar-refractivity contribution in [2.75, 3.05) is 11.5 Å². The third-order valence-electron chi connectivity index (χ3n) is 3.25. The molecule has 0 amide bonds. The van der Waals surface area contributed by atoms with Gasteiger partial charge in [0, 0.05) is 21.6 Å². The fraction of sp³-hybridized carbons (Fsp3) is 0.533. The second-order valence-corrected chi connectivity index (χ2v) is 10.4. The van der Waals surface area contributed by atoms with Crippen LogP contribution in [0.15, 0.2) is 18.2 Å². The first-order chi connectivity index (χ1) is 10.7. The van der Waals surface area contributed by atoms with Crippen LogP contribution in [-0.2, 0) is 19.7 Å². The molecule has 0 radical (unpaired) electrons. The molecule has 1 rings (SSSR count). The molecule has 132 valence electrons. The zero-order valence-electron chi connectivity index (χ0n) is 13.2. The number of hydrogen-bond donors (Lipinski definition) is 0. The third-order valence-corrected chi connectivity index (χ3v) is 8.77. The summed E-state index contributed by atoms with van der Waals surface area (Å²) >= 11 is 11.8. The van der Waals surface area contributed by atoms with E-state index in [1.54, 1.807) is 0 Å². The summed E-state index contributed by atoms with van der Waals surface area (Å²) in [5, 5.41) is 0.365. The predicted octanol–water partition coefficient (Wildman–Crippen LogP) is 4.26. The Balaban J connectivity index is 3.39. The van der Waals surface area contributed by atoms with Crippen molar-refractivity contribution in [3.8, 4) is 0 Å². The van der Waals surface area contributed by atoms with E-state index in [4.69, 9.17) is 23.2 Å². The Morgan fingerprint density at radius 1 is 0.870 bits per heavy atom. The van der Waals surface area contributed by atoms with Gasteiger partial charge in [-0.15, -0.1) is 6.07 Å². The molecule has 0 fully saturated rings. The van der Waals surface area contributed by atoms with Crippen LogP contribution >= 0.6 is 23.2 Å². The first-order valence-electron chi connectivity index (χ1n) is 7.43. The van der Waals surface area contributed by atoms with Crippen molar-refractivity contribution in [1.29, 1.82) is 0 Å². The minimum atomic E-state index is -3.93. The highest BCUT2D eigenvalue weighted by molar-refractivity contribution is 8.13. The van der Waals surface area contributed by atoms with Crippen LogP contribution in [0.25, 0.3) is 0 Å². The van der Waals surface area contributed by atoms with E-state index in [-0.39, 0.29) is 27.1 Å². The van der Waals surface area contributed by atoms with Crippen molar-refractivity contribution in [2.45, 2.75) is 39.5 Å². The van der Waals surface area contributed by atoms with Crippen LogP contribution in [0.4, 0.5) is 0 Å². The number of sulfone groups is 2. The van der Waals surface area contributed by atoms with Crippen LogP contribution < -0.4 is 0 Å². The van der Waals surface area contributed by atoms with Gasteiger partial charge in [-0.25, -0.2) is 16.8 Å². The maximum atomic E-state index is 12.6. The quantitative estimate of drug-likeness (QED) is 0.581. The van der Waals surface area contributed by atoms with E-state index in [0.717, 1.165) is 0 Å². The monoisotopic (exact) mass is 399 g/mol. The summed E-state index contributed by atoms with van der Waals surface area (Å²) in [4.78, 5) is 0. The minimum Gasteiger partial charge on any atom is -0.236 e. The number of rotatable bonds is 9. The van der Waals surface area contributed by atoms with Gasteiger partial charge in [0.1, 0.15) is 19.7 Å². The van der Waals surface area contributed by atoms with Crippen molar-refractivity contribution in [2.24, 2.45) is 0 Å². The van der Waals surface area contributed by atoms with Crippen molar-refractivity contribution in [3.05, 3.63) is 38.4 Å². The fourth-order valence-corrected chi connectivity index (χ4v) is 7.06. The first kappa shape index (κ1) is 20.6. The molecule has 0 spiro atoms. The molecule has 4 nitrogen and oxygen atoms in total. The average molecular weight is 400 g/mol. The normalized spacial score (nSPS) is 12.3. The first-order valence-corrected chi connectivity index (χ1v) is 11.5. The molecular weight excluding hydrogens is 379 g/mol.